The number of nitrogens with zero attached hydrogens (tertiary/aromatic N) is 3. The van der Waals surface area contributed by atoms with Crippen molar-refractivity contribution in [3.63, 3.8) is 0 Å². The molecule has 3 aromatic rings. The Morgan fingerprint density at radius 3 is 2.67 bits per heavy atom. The summed E-state index contributed by atoms with van der Waals surface area (Å²) in [6.07, 6.45) is 1.40. The second-order valence-corrected chi connectivity index (χ2v) is 6.16. The van der Waals surface area contributed by atoms with Gasteiger partial charge in [0.2, 0.25) is 17.7 Å². The fourth-order valence-corrected chi connectivity index (χ4v) is 2.30. The molecular weight excluding hydrogens is 358 g/mol. The molecular formula is C18H16F2N4O3. The van der Waals surface area contributed by atoms with E-state index in [2.05, 4.69) is 15.5 Å². The maximum absolute atomic E-state index is 13.6. The molecule has 0 aliphatic rings. The number of hydrogen-bond donors (Lipinski definition) is 1. The van der Waals surface area contributed by atoms with Gasteiger partial charge in [-0.05, 0) is 18.2 Å². The summed E-state index contributed by atoms with van der Waals surface area (Å²) in [5.74, 6) is -1.59. The molecule has 3 rings (SSSR count). The van der Waals surface area contributed by atoms with Gasteiger partial charge in [-0.15, -0.1) is 10.2 Å². The van der Waals surface area contributed by atoms with E-state index in [1.54, 1.807) is 0 Å². The molecule has 9 heteroatoms. The Morgan fingerprint density at radius 1 is 1.22 bits per heavy atom. The van der Waals surface area contributed by atoms with E-state index in [0.717, 1.165) is 16.7 Å². The number of rotatable bonds is 5. The number of pyridine rings is 1. The van der Waals surface area contributed by atoms with Crippen LogP contribution in [-0.2, 0) is 11.3 Å². The maximum atomic E-state index is 13.6. The highest BCUT2D eigenvalue weighted by Crippen LogP contribution is 2.20. The van der Waals surface area contributed by atoms with Crippen LogP contribution in [0, 0.1) is 11.6 Å². The highest BCUT2D eigenvalue weighted by molar-refractivity contribution is 5.90. The summed E-state index contributed by atoms with van der Waals surface area (Å²) in [5.41, 5.74) is -0.143. The quantitative estimate of drug-likeness (QED) is 0.742. The predicted octanol–water partition coefficient (Wildman–Crippen LogP) is 2.94. The first-order valence-corrected chi connectivity index (χ1v) is 8.12. The van der Waals surface area contributed by atoms with Gasteiger partial charge >= 0.3 is 0 Å². The van der Waals surface area contributed by atoms with Gasteiger partial charge in [-0.3, -0.25) is 9.59 Å². The lowest BCUT2D eigenvalue weighted by Gasteiger charge is -2.09. The molecule has 0 saturated heterocycles. The van der Waals surface area contributed by atoms with Gasteiger partial charge in [-0.25, -0.2) is 8.78 Å². The van der Waals surface area contributed by atoms with Gasteiger partial charge in [0.15, 0.2) is 0 Å². The first kappa shape index (κ1) is 18.4. The molecule has 0 spiro atoms. The number of carbonyl (C=O) groups is 1. The van der Waals surface area contributed by atoms with Crippen molar-refractivity contribution in [3.05, 3.63) is 64.4 Å². The second kappa shape index (κ2) is 7.48. The Kier molecular flexibility index (Phi) is 5.11. The highest BCUT2D eigenvalue weighted by Gasteiger charge is 2.14. The molecule has 0 radical (unpaired) electrons. The van der Waals surface area contributed by atoms with Crippen molar-refractivity contribution in [1.29, 1.82) is 0 Å². The minimum atomic E-state index is -0.906. The molecule has 140 valence electrons. The number of amides is 1. The number of carbonyl (C=O) groups excluding carboxylic acids is 1. The lowest BCUT2D eigenvalue weighted by Crippen LogP contribution is -2.27. The molecule has 0 atom stereocenters. The molecule has 0 fully saturated rings. The van der Waals surface area contributed by atoms with Crippen LogP contribution in [0.4, 0.5) is 14.5 Å². The summed E-state index contributed by atoms with van der Waals surface area (Å²) < 4.78 is 33.2. The summed E-state index contributed by atoms with van der Waals surface area (Å²) in [6.45, 7) is 3.43. The second-order valence-electron chi connectivity index (χ2n) is 6.16. The zero-order valence-corrected chi connectivity index (χ0v) is 14.6. The summed E-state index contributed by atoms with van der Waals surface area (Å²) in [6, 6.07) is 5.56. The van der Waals surface area contributed by atoms with Gasteiger partial charge < -0.3 is 14.3 Å². The molecule has 2 heterocycles. The summed E-state index contributed by atoms with van der Waals surface area (Å²) in [7, 11) is 0. The van der Waals surface area contributed by atoms with Crippen molar-refractivity contribution in [2.75, 3.05) is 5.32 Å². The first-order chi connectivity index (χ1) is 12.8. The van der Waals surface area contributed by atoms with Crippen LogP contribution >= 0.6 is 0 Å². The molecule has 0 aliphatic heterocycles. The third-order valence-electron chi connectivity index (χ3n) is 3.68. The smallest absolute Gasteiger partial charge is 0.251 e. The number of anilines is 1. The van der Waals surface area contributed by atoms with Crippen molar-refractivity contribution in [1.82, 2.24) is 14.8 Å². The standard InChI is InChI=1S/C18H16F2N4O3/c1-10(2)17-22-23-18(27-17)11-3-6-16(26)24(8-11)9-15(25)21-14-5-4-12(19)7-13(14)20/h3-8,10H,9H2,1-2H3,(H,21,25). The monoisotopic (exact) mass is 374 g/mol. The van der Waals surface area contributed by atoms with Crippen LogP contribution in [0.25, 0.3) is 11.5 Å². The Morgan fingerprint density at radius 2 is 2.00 bits per heavy atom. The molecule has 7 nitrogen and oxygen atoms in total. The van der Waals surface area contributed by atoms with E-state index in [1.807, 2.05) is 13.8 Å². The van der Waals surface area contributed by atoms with Crippen LogP contribution in [-0.4, -0.2) is 20.7 Å². The summed E-state index contributed by atoms with van der Waals surface area (Å²) in [4.78, 5) is 24.1. The Labute approximate surface area is 152 Å². The minimum absolute atomic E-state index is 0.0496. The topological polar surface area (TPSA) is 90.0 Å². The SMILES string of the molecule is CC(C)c1nnc(-c2ccc(=O)n(CC(=O)Nc3ccc(F)cc3F)c2)o1. The van der Waals surface area contributed by atoms with Gasteiger partial charge in [0.25, 0.3) is 5.56 Å². The minimum Gasteiger partial charge on any atom is -0.420 e. The van der Waals surface area contributed by atoms with E-state index in [0.29, 0.717) is 17.5 Å². The molecule has 0 aliphatic carbocycles. The fourth-order valence-electron chi connectivity index (χ4n) is 2.30. The zero-order valence-electron chi connectivity index (χ0n) is 14.6. The molecule has 0 bridgehead atoms. The van der Waals surface area contributed by atoms with Crippen LogP contribution in [0.2, 0.25) is 0 Å². The zero-order chi connectivity index (χ0) is 19.6. The Hall–Kier alpha value is -3.36. The van der Waals surface area contributed by atoms with E-state index < -0.39 is 23.1 Å². The molecule has 0 unspecified atom stereocenters. The fraction of sp³-hybridized carbons (Fsp3) is 0.222. The highest BCUT2D eigenvalue weighted by atomic mass is 19.1. The van der Waals surface area contributed by atoms with Gasteiger partial charge in [-0.1, -0.05) is 13.8 Å². The molecule has 0 saturated carbocycles. The number of nitrogens with one attached hydrogen (secondary N) is 1. The van der Waals surface area contributed by atoms with Gasteiger partial charge in [0.1, 0.15) is 18.2 Å². The first-order valence-electron chi connectivity index (χ1n) is 8.12. The van der Waals surface area contributed by atoms with Crippen molar-refractivity contribution in [3.8, 4) is 11.5 Å². The van der Waals surface area contributed by atoms with E-state index in [4.69, 9.17) is 4.42 Å². The lowest BCUT2D eigenvalue weighted by atomic mass is 10.2. The van der Waals surface area contributed by atoms with Gasteiger partial charge in [0.05, 0.1) is 11.3 Å². The van der Waals surface area contributed by atoms with Crippen molar-refractivity contribution in [2.24, 2.45) is 0 Å². The largest absolute Gasteiger partial charge is 0.420 e. The molecule has 1 aromatic carbocycles. The van der Waals surface area contributed by atoms with Crippen LogP contribution in [0.15, 0.2) is 45.7 Å². The Balaban J connectivity index is 1.79. The number of benzene rings is 1. The van der Waals surface area contributed by atoms with Crippen molar-refractivity contribution < 1.29 is 18.0 Å². The van der Waals surface area contributed by atoms with E-state index in [-0.39, 0.29) is 24.0 Å². The van der Waals surface area contributed by atoms with E-state index in [9.17, 15) is 18.4 Å². The molecule has 1 amide bonds. The van der Waals surface area contributed by atoms with Crippen LogP contribution in [0.3, 0.4) is 0 Å². The van der Waals surface area contributed by atoms with Crippen LogP contribution in [0.1, 0.15) is 25.7 Å². The average molecular weight is 374 g/mol. The number of halogens is 2. The number of hydrogen-bond acceptors (Lipinski definition) is 5. The number of aromatic nitrogens is 3. The summed E-state index contributed by atoms with van der Waals surface area (Å²) >= 11 is 0. The van der Waals surface area contributed by atoms with Crippen LogP contribution < -0.4 is 10.9 Å². The lowest BCUT2D eigenvalue weighted by molar-refractivity contribution is -0.116. The molecule has 27 heavy (non-hydrogen) atoms. The van der Waals surface area contributed by atoms with Crippen molar-refractivity contribution >= 4 is 11.6 Å². The molecule has 2 aromatic heterocycles. The van der Waals surface area contributed by atoms with Gasteiger partial charge in [0, 0.05) is 24.2 Å². The normalized spacial score (nSPS) is 11.0. The molecule has 1 N–H and O–H groups in total. The van der Waals surface area contributed by atoms with Crippen LogP contribution in [0.5, 0.6) is 0 Å². The maximum Gasteiger partial charge on any atom is 0.251 e. The van der Waals surface area contributed by atoms with E-state index in [1.165, 1.54) is 18.3 Å². The Bertz CT molecular complexity index is 1040. The van der Waals surface area contributed by atoms with E-state index >= 15 is 0 Å². The average Bonchev–Trinajstić information content (AvgIpc) is 3.10. The third kappa shape index (κ3) is 4.25. The summed E-state index contributed by atoms with van der Waals surface area (Å²) in [5, 5.41) is 10.1. The third-order valence-corrected chi connectivity index (χ3v) is 3.68. The van der Waals surface area contributed by atoms with Crippen molar-refractivity contribution in [2.45, 2.75) is 26.3 Å². The van der Waals surface area contributed by atoms with Gasteiger partial charge in [-0.2, -0.15) is 0 Å². The predicted molar refractivity (Wildman–Crippen MR) is 93.1 cm³/mol.